The van der Waals surface area contributed by atoms with E-state index < -0.39 is 0 Å². The zero-order chi connectivity index (χ0) is 13.5. The monoisotopic (exact) mass is 272 g/mol. The molecule has 1 heterocycles. The van der Waals surface area contributed by atoms with Crippen molar-refractivity contribution in [3.8, 4) is 0 Å². The van der Waals surface area contributed by atoms with Crippen LogP contribution in [0.25, 0.3) is 0 Å². The lowest BCUT2D eigenvalue weighted by Crippen LogP contribution is -2.44. The SMILES string of the molecule is CCC1CN(C(=O)C(C)CCCC(C)N)CCS1. The summed E-state index contributed by atoms with van der Waals surface area (Å²) in [5.41, 5.74) is 5.74. The molecule has 0 bridgehead atoms. The van der Waals surface area contributed by atoms with Crippen molar-refractivity contribution in [2.75, 3.05) is 18.8 Å². The molecule has 0 aromatic carbocycles. The number of rotatable bonds is 6. The van der Waals surface area contributed by atoms with Crippen LogP contribution in [-0.4, -0.2) is 40.9 Å². The largest absolute Gasteiger partial charge is 0.341 e. The van der Waals surface area contributed by atoms with E-state index in [1.54, 1.807) is 0 Å². The van der Waals surface area contributed by atoms with Gasteiger partial charge in [-0.1, -0.05) is 20.3 Å². The Morgan fingerprint density at radius 1 is 1.44 bits per heavy atom. The van der Waals surface area contributed by atoms with Crippen LogP contribution in [0.2, 0.25) is 0 Å². The summed E-state index contributed by atoms with van der Waals surface area (Å²) in [5, 5.41) is 0.638. The van der Waals surface area contributed by atoms with E-state index in [2.05, 4.69) is 18.7 Å². The number of amides is 1. The average Bonchev–Trinajstić information content (AvgIpc) is 2.37. The Kier molecular flexibility index (Phi) is 7.08. The number of nitrogens with zero attached hydrogens (tertiary/aromatic N) is 1. The summed E-state index contributed by atoms with van der Waals surface area (Å²) in [5.74, 6) is 1.60. The maximum absolute atomic E-state index is 12.3. The van der Waals surface area contributed by atoms with Crippen LogP contribution in [0.3, 0.4) is 0 Å². The van der Waals surface area contributed by atoms with E-state index in [1.165, 1.54) is 0 Å². The van der Waals surface area contributed by atoms with Gasteiger partial charge in [0, 0.05) is 36.1 Å². The summed E-state index contributed by atoms with van der Waals surface area (Å²) in [7, 11) is 0. The van der Waals surface area contributed by atoms with Crippen LogP contribution < -0.4 is 5.73 Å². The molecule has 1 rings (SSSR count). The van der Waals surface area contributed by atoms with Gasteiger partial charge in [-0.15, -0.1) is 0 Å². The van der Waals surface area contributed by atoms with Gasteiger partial charge in [0.25, 0.3) is 0 Å². The van der Waals surface area contributed by atoms with Crippen molar-refractivity contribution in [1.29, 1.82) is 0 Å². The fourth-order valence-electron chi connectivity index (χ4n) is 2.35. The molecular formula is C14H28N2OS. The lowest BCUT2D eigenvalue weighted by Gasteiger charge is -2.33. The number of carbonyl (C=O) groups excluding carboxylic acids is 1. The highest BCUT2D eigenvalue weighted by Gasteiger charge is 2.25. The van der Waals surface area contributed by atoms with E-state index in [4.69, 9.17) is 5.73 Å². The zero-order valence-corrected chi connectivity index (χ0v) is 12.8. The third-order valence-electron chi connectivity index (χ3n) is 3.62. The molecule has 3 nitrogen and oxygen atoms in total. The fraction of sp³-hybridized carbons (Fsp3) is 0.929. The van der Waals surface area contributed by atoms with Crippen molar-refractivity contribution in [2.24, 2.45) is 11.7 Å². The normalized spacial score (nSPS) is 23.8. The molecule has 1 fully saturated rings. The first-order valence-corrected chi connectivity index (χ1v) is 8.25. The number of nitrogens with two attached hydrogens (primary N) is 1. The van der Waals surface area contributed by atoms with Crippen molar-refractivity contribution >= 4 is 17.7 Å². The molecule has 0 aromatic heterocycles. The molecular weight excluding hydrogens is 244 g/mol. The topological polar surface area (TPSA) is 46.3 Å². The number of carbonyl (C=O) groups is 1. The number of hydrogen-bond donors (Lipinski definition) is 1. The molecule has 1 aliphatic rings. The molecule has 4 heteroatoms. The van der Waals surface area contributed by atoms with Crippen LogP contribution in [0.5, 0.6) is 0 Å². The van der Waals surface area contributed by atoms with Crippen LogP contribution in [0.4, 0.5) is 0 Å². The molecule has 0 saturated carbocycles. The van der Waals surface area contributed by atoms with Gasteiger partial charge < -0.3 is 10.6 Å². The summed E-state index contributed by atoms with van der Waals surface area (Å²) < 4.78 is 0. The Labute approximate surface area is 116 Å². The van der Waals surface area contributed by atoms with Gasteiger partial charge in [0.05, 0.1) is 0 Å². The van der Waals surface area contributed by atoms with E-state index in [9.17, 15) is 4.79 Å². The summed E-state index contributed by atoms with van der Waals surface area (Å²) >= 11 is 2.01. The summed E-state index contributed by atoms with van der Waals surface area (Å²) in [6.07, 6.45) is 4.21. The van der Waals surface area contributed by atoms with E-state index in [-0.39, 0.29) is 12.0 Å². The van der Waals surface area contributed by atoms with Crippen LogP contribution in [-0.2, 0) is 4.79 Å². The van der Waals surface area contributed by atoms with Gasteiger partial charge >= 0.3 is 0 Å². The van der Waals surface area contributed by atoms with E-state index in [0.717, 1.165) is 44.5 Å². The third-order valence-corrected chi connectivity index (χ3v) is 5.00. The van der Waals surface area contributed by atoms with E-state index in [0.29, 0.717) is 11.2 Å². The predicted octanol–water partition coefficient (Wildman–Crippen LogP) is 2.49. The molecule has 18 heavy (non-hydrogen) atoms. The van der Waals surface area contributed by atoms with Crippen LogP contribution in [0, 0.1) is 5.92 Å². The van der Waals surface area contributed by atoms with Gasteiger partial charge in [0.2, 0.25) is 5.91 Å². The Hall–Kier alpha value is -0.220. The Bertz CT molecular complexity index is 258. The molecule has 106 valence electrons. The second-order valence-corrected chi connectivity index (χ2v) is 6.90. The smallest absolute Gasteiger partial charge is 0.225 e. The summed E-state index contributed by atoms with van der Waals surface area (Å²) in [6.45, 7) is 8.17. The quantitative estimate of drug-likeness (QED) is 0.808. The first-order valence-electron chi connectivity index (χ1n) is 7.20. The molecule has 2 N–H and O–H groups in total. The number of thioether (sulfide) groups is 1. The van der Waals surface area contributed by atoms with Crippen LogP contribution >= 0.6 is 11.8 Å². The van der Waals surface area contributed by atoms with E-state index >= 15 is 0 Å². The minimum Gasteiger partial charge on any atom is -0.341 e. The van der Waals surface area contributed by atoms with Gasteiger partial charge in [0.1, 0.15) is 0 Å². The van der Waals surface area contributed by atoms with Gasteiger partial charge in [-0.05, 0) is 26.2 Å². The average molecular weight is 272 g/mol. The Balaban J connectivity index is 2.33. The molecule has 3 unspecified atom stereocenters. The lowest BCUT2D eigenvalue weighted by molar-refractivity contribution is -0.135. The summed E-state index contributed by atoms with van der Waals surface area (Å²) in [6, 6.07) is 0.253. The second kappa shape index (κ2) is 8.05. The van der Waals surface area contributed by atoms with Crippen molar-refractivity contribution in [3.63, 3.8) is 0 Å². The number of hydrogen-bond acceptors (Lipinski definition) is 3. The molecule has 0 aliphatic carbocycles. The lowest BCUT2D eigenvalue weighted by atomic mass is 10.0. The van der Waals surface area contributed by atoms with Crippen molar-refractivity contribution in [1.82, 2.24) is 4.90 Å². The van der Waals surface area contributed by atoms with Gasteiger partial charge in [-0.2, -0.15) is 11.8 Å². The van der Waals surface area contributed by atoms with Gasteiger partial charge in [0.15, 0.2) is 0 Å². The maximum atomic E-state index is 12.3. The van der Waals surface area contributed by atoms with Crippen molar-refractivity contribution in [2.45, 2.75) is 57.7 Å². The first kappa shape index (κ1) is 15.8. The highest BCUT2D eigenvalue weighted by atomic mass is 32.2. The zero-order valence-electron chi connectivity index (χ0n) is 12.0. The maximum Gasteiger partial charge on any atom is 0.225 e. The predicted molar refractivity (Wildman–Crippen MR) is 79.8 cm³/mol. The van der Waals surface area contributed by atoms with Gasteiger partial charge in [-0.3, -0.25) is 4.79 Å². The second-order valence-electron chi connectivity index (χ2n) is 5.49. The molecule has 1 saturated heterocycles. The highest BCUT2D eigenvalue weighted by Crippen LogP contribution is 2.23. The molecule has 0 aromatic rings. The summed E-state index contributed by atoms with van der Waals surface area (Å²) in [4.78, 5) is 14.4. The van der Waals surface area contributed by atoms with Gasteiger partial charge in [-0.25, -0.2) is 0 Å². The Morgan fingerprint density at radius 2 is 2.17 bits per heavy atom. The molecule has 1 aliphatic heterocycles. The third kappa shape index (κ3) is 5.19. The minimum atomic E-state index is 0.157. The first-order chi connectivity index (χ1) is 8.54. The van der Waals surface area contributed by atoms with Crippen molar-refractivity contribution < 1.29 is 4.79 Å². The highest BCUT2D eigenvalue weighted by molar-refractivity contribution is 8.00. The minimum absolute atomic E-state index is 0.157. The Morgan fingerprint density at radius 3 is 2.78 bits per heavy atom. The molecule has 0 spiro atoms. The fourth-order valence-corrected chi connectivity index (χ4v) is 3.53. The van der Waals surface area contributed by atoms with Crippen LogP contribution in [0.1, 0.15) is 46.5 Å². The molecule has 3 atom stereocenters. The standard InChI is InChI=1S/C14H28N2OS/c1-4-13-10-16(8-9-18-13)14(17)11(2)6-5-7-12(3)15/h11-13H,4-10,15H2,1-3H3. The van der Waals surface area contributed by atoms with E-state index in [1.807, 2.05) is 18.7 Å². The van der Waals surface area contributed by atoms with Crippen LogP contribution in [0.15, 0.2) is 0 Å². The molecule has 1 amide bonds. The molecule has 0 radical (unpaired) electrons. The van der Waals surface area contributed by atoms with Crippen molar-refractivity contribution in [3.05, 3.63) is 0 Å².